The van der Waals surface area contributed by atoms with Gasteiger partial charge in [0.1, 0.15) is 0 Å². The maximum Gasteiger partial charge on any atom is 0.194 e. The van der Waals surface area contributed by atoms with Gasteiger partial charge in [0, 0.05) is 26.8 Å². The second kappa shape index (κ2) is 8.57. The van der Waals surface area contributed by atoms with Gasteiger partial charge in [-0.05, 0) is 11.6 Å². The lowest BCUT2D eigenvalue weighted by molar-refractivity contribution is 0.476. The molecule has 0 saturated carbocycles. The van der Waals surface area contributed by atoms with Gasteiger partial charge in [0.2, 0.25) is 0 Å². The first-order valence-corrected chi connectivity index (χ1v) is 6.23. The maximum atomic E-state index is 4.28. The van der Waals surface area contributed by atoms with Crippen molar-refractivity contribution in [2.45, 2.75) is 13.1 Å². The Morgan fingerprint density at radius 1 is 1.30 bits per heavy atom. The molecule has 6 heteroatoms. The Morgan fingerprint density at radius 3 is 2.65 bits per heavy atom. The van der Waals surface area contributed by atoms with E-state index in [4.69, 9.17) is 0 Å². The number of aliphatic imine (C=N–C) groups is 1. The fraction of sp³-hybridized carbons (Fsp3) is 0.286. The molecule has 0 radical (unpaired) electrons. The minimum absolute atomic E-state index is 0. The Labute approximate surface area is 136 Å². The molecule has 108 valence electrons. The Morgan fingerprint density at radius 2 is 2.05 bits per heavy atom. The second-order valence-electron chi connectivity index (χ2n) is 4.32. The zero-order valence-electron chi connectivity index (χ0n) is 11.7. The van der Waals surface area contributed by atoms with Crippen LogP contribution in [0.4, 0.5) is 0 Å². The zero-order chi connectivity index (χ0) is 13.5. The first-order valence-electron chi connectivity index (χ1n) is 6.23. The summed E-state index contributed by atoms with van der Waals surface area (Å²) in [6.45, 7) is 1.51. The molecule has 0 bridgehead atoms. The van der Waals surface area contributed by atoms with Gasteiger partial charge in [-0.15, -0.1) is 24.0 Å². The average Bonchev–Trinajstić information content (AvgIpc) is 2.94. The first-order chi connectivity index (χ1) is 9.29. The number of hydrogen-bond donors (Lipinski definition) is 2. The summed E-state index contributed by atoms with van der Waals surface area (Å²) in [7, 11) is 3.81. The third-order valence-corrected chi connectivity index (χ3v) is 2.83. The molecular weight excluding hydrogens is 365 g/mol. The third kappa shape index (κ3) is 4.84. The van der Waals surface area contributed by atoms with E-state index in [0.29, 0.717) is 6.54 Å². The molecule has 0 unspecified atom stereocenters. The quantitative estimate of drug-likeness (QED) is 0.482. The Hall–Kier alpha value is -1.57. The van der Waals surface area contributed by atoms with Crippen molar-refractivity contribution in [2.75, 3.05) is 14.1 Å². The van der Waals surface area contributed by atoms with Gasteiger partial charge in [-0.25, -0.2) is 0 Å². The van der Waals surface area contributed by atoms with E-state index in [9.17, 15) is 0 Å². The number of guanidine groups is 1. The van der Waals surface area contributed by atoms with Crippen LogP contribution in [-0.4, -0.2) is 35.2 Å². The van der Waals surface area contributed by atoms with Crippen LogP contribution in [0.15, 0.2) is 47.6 Å². The summed E-state index contributed by atoms with van der Waals surface area (Å²) >= 11 is 0. The van der Waals surface area contributed by atoms with Gasteiger partial charge >= 0.3 is 0 Å². The summed E-state index contributed by atoms with van der Waals surface area (Å²) in [4.78, 5) is 6.37. The van der Waals surface area contributed by atoms with Crippen LogP contribution in [0.2, 0.25) is 0 Å². The molecule has 2 aromatic rings. The molecule has 20 heavy (non-hydrogen) atoms. The Kier molecular flexibility index (Phi) is 7.06. The number of nitrogens with zero attached hydrogens (tertiary/aromatic N) is 3. The summed E-state index contributed by atoms with van der Waals surface area (Å²) in [6.07, 6.45) is 1.74. The van der Waals surface area contributed by atoms with Crippen molar-refractivity contribution in [1.82, 2.24) is 20.4 Å². The number of aromatic nitrogens is 2. The van der Waals surface area contributed by atoms with Gasteiger partial charge in [-0.2, -0.15) is 5.10 Å². The number of nitrogens with one attached hydrogen (secondary N) is 2. The van der Waals surface area contributed by atoms with Crippen molar-refractivity contribution in [3.8, 4) is 0 Å². The number of rotatable bonds is 4. The highest BCUT2D eigenvalue weighted by atomic mass is 127. The Bertz CT molecular complexity index is 510. The lowest BCUT2D eigenvalue weighted by atomic mass is 10.2. The minimum Gasteiger partial charge on any atom is -0.351 e. The van der Waals surface area contributed by atoms with E-state index in [0.717, 1.165) is 18.2 Å². The molecule has 1 aromatic carbocycles. The number of benzene rings is 1. The summed E-state index contributed by atoms with van der Waals surface area (Å²) in [5, 5.41) is 10.1. The van der Waals surface area contributed by atoms with Gasteiger partial charge < -0.3 is 10.2 Å². The molecule has 5 nitrogen and oxygen atoms in total. The lowest BCUT2D eigenvalue weighted by Crippen LogP contribution is -2.38. The fourth-order valence-corrected chi connectivity index (χ4v) is 1.87. The molecule has 0 saturated heterocycles. The van der Waals surface area contributed by atoms with Gasteiger partial charge in [0.15, 0.2) is 5.96 Å². The number of halogens is 1. The molecule has 2 N–H and O–H groups in total. The van der Waals surface area contributed by atoms with Crippen molar-refractivity contribution >= 4 is 29.9 Å². The molecule has 0 aliphatic heterocycles. The van der Waals surface area contributed by atoms with E-state index < -0.39 is 0 Å². The smallest absolute Gasteiger partial charge is 0.194 e. The van der Waals surface area contributed by atoms with Crippen LogP contribution in [0.25, 0.3) is 0 Å². The largest absolute Gasteiger partial charge is 0.351 e. The van der Waals surface area contributed by atoms with Gasteiger partial charge in [0.25, 0.3) is 0 Å². The molecule has 0 fully saturated rings. The fourth-order valence-electron chi connectivity index (χ4n) is 1.87. The van der Waals surface area contributed by atoms with Crippen LogP contribution in [0.5, 0.6) is 0 Å². The molecule has 0 spiro atoms. The van der Waals surface area contributed by atoms with E-state index in [2.05, 4.69) is 37.5 Å². The third-order valence-electron chi connectivity index (χ3n) is 2.83. The highest BCUT2D eigenvalue weighted by Crippen LogP contribution is 2.03. The summed E-state index contributed by atoms with van der Waals surface area (Å²) in [5.74, 6) is 0.860. The predicted octanol–water partition coefficient (Wildman–Crippen LogP) is 2.24. The highest BCUT2D eigenvalue weighted by molar-refractivity contribution is 14.0. The van der Waals surface area contributed by atoms with Crippen molar-refractivity contribution in [3.63, 3.8) is 0 Å². The van der Waals surface area contributed by atoms with Crippen molar-refractivity contribution in [2.24, 2.45) is 4.99 Å². The molecule has 0 atom stereocenters. The van der Waals surface area contributed by atoms with Gasteiger partial charge in [-0.1, -0.05) is 30.3 Å². The SMILES string of the molecule is CN=C(NCc1ccn[nH]1)N(C)Cc1ccccc1.I. The molecule has 0 aliphatic carbocycles. The summed E-state index contributed by atoms with van der Waals surface area (Å²) in [6, 6.07) is 12.3. The summed E-state index contributed by atoms with van der Waals surface area (Å²) < 4.78 is 0. The van der Waals surface area contributed by atoms with Crippen molar-refractivity contribution in [3.05, 3.63) is 53.9 Å². The molecule has 0 amide bonds. The zero-order valence-corrected chi connectivity index (χ0v) is 14.0. The molecule has 2 rings (SSSR count). The normalized spacial score (nSPS) is 10.8. The molecule has 1 heterocycles. The van der Waals surface area contributed by atoms with Crippen LogP contribution < -0.4 is 5.32 Å². The van der Waals surface area contributed by atoms with Crippen LogP contribution in [0.3, 0.4) is 0 Å². The van der Waals surface area contributed by atoms with Crippen LogP contribution in [0.1, 0.15) is 11.3 Å². The predicted molar refractivity (Wildman–Crippen MR) is 92.1 cm³/mol. The van der Waals surface area contributed by atoms with Crippen LogP contribution >= 0.6 is 24.0 Å². The minimum atomic E-state index is 0. The topological polar surface area (TPSA) is 56.3 Å². The van der Waals surface area contributed by atoms with E-state index in [-0.39, 0.29) is 24.0 Å². The van der Waals surface area contributed by atoms with Crippen molar-refractivity contribution in [1.29, 1.82) is 0 Å². The van der Waals surface area contributed by atoms with Gasteiger partial charge in [0.05, 0.1) is 12.2 Å². The van der Waals surface area contributed by atoms with Crippen molar-refractivity contribution < 1.29 is 0 Å². The number of H-pyrrole nitrogens is 1. The highest BCUT2D eigenvalue weighted by Gasteiger charge is 2.06. The summed E-state index contributed by atoms with van der Waals surface area (Å²) in [5.41, 5.74) is 2.30. The number of aromatic amines is 1. The lowest BCUT2D eigenvalue weighted by Gasteiger charge is -2.21. The molecular formula is C14H20IN5. The standard InChI is InChI=1S/C14H19N5.HI/c1-15-14(16-10-13-8-9-17-18-13)19(2)11-12-6-4-3-5-7-12;/h3-9H,10-11H2,1-2H3,(H,15,16)(H,17,18);1H. The van der Waals surface area contributed by atoms with E-state index in [1.807, 2.05) is 31.3 Å². The van der Waals surface area contributed by atoms with E-state index >= 15 is 0 Å². The second-order valence-corrected chi connectivity index (χ2v) is 4.32. The Balaban J connectivity index is 0.00000200. The first kappa shape index (κ1) is 16.5. The van der Waals surface area contributed by atoms with E-state index in [1.54, 1.807) is 13.2 Å². The maximum absolute atomic E-state index is 4.28. The monoisotopic (exact) mass is 385 g/mol. The van der Waals surface area contributed by atoms with E-state index in [1.165, 1.54) is 5.56 Å². The average molecular weight is 385 g/mol. The van der Waals surface area contributed by atoms with Crippen LogP contribution in [0, 0.1) is 0 Å². The van der Waals surface area contributed by atoms with Gasteiger partial charge in [-0.3, -0.25) is 10.1 Å². The van der Waals surface area contributed by atoms with Crippen LogP contribution in [-0.2, 0) is 13.1 Å². The number of hydrogen-bond acceptors (Lipinski definition) is 2. The molecule has 0 aliphatic rings. The molecule has 1 aromatic heterocycles.